The highest BCUT2D eigenvalue weighted by molar-refractivity contribution is 14.1. The summed E-state index contributed by atoms with van der Waals surface area (Å²) in [6, 6.07) is 2.41. The molecule has 74 valence electrons. The molecule has 0 amide bonds. The highest BCUT2D eigenvalue weighted by Crippen LogP contribution is 2.34. The standard InChI is InChI=1S/C9H15IN2S/c1-9(2,3)8(12-11)6-4-7(10)13-5-6/h4-5,8,12H,11H2,1-3H3. The number of nitrogens with one attached hydrogen (secondary N) is 1. The lowest BCUT2D eigenvalue weighted by atomic mass is 9.84. The molecule has 1 unspecified atom stereocenters. The Morgan fingerprint density at radius 3 is 2.46 bits per heavy atom. The first-order valence-corrected chi connectivity index (χ1v) is 6.11. The van der Waals surface area contributed by atoms with Crippen molar-refractivity contribution in [2.24, 2.45) is 11.3 Å². The highest BCUT2D eigenvalue weighted by Gasteiger charge is 2.25. The molecule has 1 atom stereocenters. The van der Waals surface area contributed by atoms with Gasteiger partial charge in [0, 0.05) is 0 Å². The van der Waals surface area contributed by atoms with Gasteiger partial charge in [0.2, 0.25) is 0 Å². The van der Waals surface area contributed by atoms with Crippen LogP contribution in [0.25, 0.3) is 0 Å². The van der Waals surface area contributed by atoms with Gasteiger partial charge in [-0.05, 0) is 45.0 Å². The molecule has 0 saturated carbocycles. The summed E-state index contributed by atoms with van der Waals surface area (Å²) in [5.41, 5.74) is 4.31. The third-order valence-electron chi connectivity index (χ3n) is 1.95. The van der Waals surface area contributed by atoms with Crippen LogP contribution in [-0.2, 0) is 0 Å². The summed E-state index contributed by atoms with van der Waals surface area (Å²) in [4.78, 5) is 0. The molecule has 1 aromatic heterocycles. The van der Waals surface area contributed by atoms with E-state index in [1.54, 1.807) is 11.3 Å². The quantitative estimate of drug-likeness (QED) is 0.501. The van der Waals surface area contributed by atoms with Gasteiger partial charge in [-0.2, -0.15) is 0 Å². The second kappa shape index (κ2) is 4.25. The Morgan fingerprint density at radius 2 is 2.15 bits per heavy atom. The maximum Gasteiger partial charge on any atom is 0.0656 e. The predicted octanol–water partition coefficient (Wildman–Crippen LogP) is 2.90. The van der Waals surface area contributed by atoms with Crippen LogP contribution in [0.5, 0.6) is 0 Å². The van der Waals surface area contributed by atoms with E-state index in [2.05, 4.69) is 60.2 Å². The first-order valence-electron chi connectivity index (χ1n) is 4.15. The predicted molar refractivity (Wildman–Crippen MR) is 66.6 cm³/mol. The zero-order chi connectivity index (χ0) is 10.1. The Kier molecular flexibility index (Phi) is 3.73. The number of rotatable bonds is 2. The second-order valence-corrected chi connectivity index (χ2v) is 6.96. The molecule has 0 aliphatic rings. The van der Waals surface area contributed by atoms with E-state index in [4.69, 9.17) is 5.84 Å². The van der Waals surface area contributed by atoms with Gasteiger partial charge in [-0.25, -0.2) is 0 Å². The molecule has 0 saturated heterocycles. The molecule has 13 heavy (non-hydrogen) atoms. The molecule has 1 heterocycles. The van der Waals surface area contributed by atoms with Crippen LogP contribution in [0, 0.1) is 8.30 Å². The van der Waals surface area contributed by atoms with Crippen LogP contribution < -0.4 is 11.3 Å². The molecular formula is C9H15IN2S. The van der Waals surface area contributed by atoms with E-state index in [1.807, 2.05) is 0 Å². The van der Waals surface area contributed by atoms with Gasteiger partial charge in [0.15, 0.2) is 0 Å². The zero-order valence-corrected chi connectivity index (χ0v) is 11.1. The van der Waals surface area contributed by atoms with E-state index in [0.29, 0.717) is 0 Å². The Labute approximate surface area is 97.0 Å². The first kappa shape index (κ1) is 11.4. The number of halogens is 1. The molecule has 1 aromatic rings. The molecule has 0 bridgehead atoms. The van der Waals surface area contributed by atoms with E-state index in [0.717, 1.165) is 0 Å². The van der Waals surface area contributed by atoms with Crippen LogP contribution in [0.15, 0.2) is 11.4 Å². The average Bonchev–Trinajstić information content (AvgIpc) is 2.34. The molecule has 0 spiro atoms. The summed E-state index contributed by atoms with van der Waals surface area (Å²) >= 11 is 4.08. The normalized spacial score (nSPS) is 14.5. The number of hydrogen-bond acceptors (Lipinski definition) is 3. The summed E-state index contributed by atoms with van der Waals surface area (Å²) in [5, 5.41) is 2.16. The van der Waals surface area contributed by atoms with Crippen LogP contribution in [-0.4, -0.2) is 0 Å². The Morgan fingerprint density at radius 1 is 1.54 bits per heavy atom. The molecule has 0 radical (unpaired) electrons. The summed E-state index contributed by atoms with van der Waals surface area (Å²) < 4.78 is 1.30. The largest absolute Gasteiger partial charge is 0.271 e. The summed E-state index contributed by atoms with van der Waals surface area (Å²) in [6.45, 7) is 6.55. The fourth-order valence-electron chi connectivity index (χ4n) is 1.32. The molecule has 0 aliphatic carbocycles. The molecule has 0 fully saturated rings. The van der Waals surface area contributed by atoms with Crippen LogP contribution >= 0.6 is 33.9 Å². The van der Waals surface area contributed by atoms with Crippen LogP contribution in [0.4, 0.5) is 0 Å². The zero-order valence-electron chi connectivity index (χ0n) is 8.10. The molecule has 3 N–H and O–H groups in total. The number of hydrogen-bond donors (Lipinski definition) is 2. The third-order valence-corrected chi connectivity index (χ3v) is 3.76. The molecule has 2 nitrogen and oxygen atoms in total. The Hall–Kier alpha value is 0.350. The second-order valence-electron chi connectivity index (χ2n) is 4.15. The van der Waals surface area contributed by atoms with Crippen molar-refractivity contribution in [1.82, 2.24) is 5.43 Å². The van der Waals surface area contributed by atoms with Crippen LogP contribution in [0.3, 0.4) is 0 Å². The van der Waals surface area contributed by atoms with Crippen molar-refractivity contribution in [3.63, 3.8) is 0 Å². The van der Waals surface area contributed by atoms with Crippen LogP contribution in [0.2, 0.25) is 0 Å². The minimum absolute atomic E-state index is 0.152. The van der Waals surface area contributed by atoms with Crippen molar-refractivity contribution in [2.45, 2.75) is 26.8 Å². The van der Waals surface area contributed by atoms with Gasteiger partial charge in [0.1, 0.15) is 0 Å². The average molecular weight is 310 g/mol. The first-order chi connectivity index (χ1) is 5.95. The van der Waals surface area contributed by atoms with Gasteiger partial charge in [-0.3, -0.25) is 11.3 Å². The van der Waals surface area contributed by atoms with Gasteiger partial charge < -0.3 is 0 Å². The number of thiophene rings is 1. The van der Waals surface area contributed by atoms with E-state index >= 15 is 0 Å². The van der Waals surface area contributed by atoms with Gasteiger partial charge in [-0.1, -0.05) is 20.8 Å². The summed E-state index contributed by atoms with van der Waals surface area (Å²) in [5.74, 6) is 5.55. The Bertz CT molecular complexity index is 277. The van der Waals surface area contributed by atoms with Crippen molar-refractivity contribution in [3.8, 4) is 0 Å². The molecular weight excluding hydrogens is 295 g/mol. The summed E-state index contributed by atoms with van der Waals surface area (Å²) in [7, 11) is 0. The molecule has 1 rings (SSSR count). The van der Waals surface area contributed by atoms with E-state index in [1.165, 1.54) is 8.45 Å². The highest BCUT2D eigenvalue weighted by atomic mass is 127. The lowest BCUT2D eigenvalue weighted by Gasteiger charge is -2.29. The smallest absolute Gasteiger partial charge is 0.0656 e. The minimum atomic E-state index is 0.152. The van der Waals surface area contributed by atoms with E-state index < -0.39 is 0 Å². The lowest BCUT2D eigenvalue weighted by Crippen LogP contribution is -2.36. The monoisotopic (exact) mass is 310 g/mol. The van der Waals surface area contributed by atoms with Gasteiger partial charge in [-0.15, -0.1) is 11.3 Å². The molecule has 0 aliphatic heterocycles. The number of nitrogens with two attached hydrogens (primary N) is 1. The Balaban J connectivity index is 2.91. The van der Waals surface area contributed by atoms with Crippen molar-refractivity contribution in [1.29, 1.82) is 0 Å². The topological polar surface area (TPSA) is 38.0 Å². The summed E-state index contributed by atoms with van der Waals surface area (Å²) in [6.07, 6.45) is 0. The number of hydrazine groups is 1. The van der Waals surface area contributed by atoms with E-state index in [9.17, 15) is 0 Å². The SMILES string of the molecule is CC(C)(C)C(NN)c1csc(I)c1. The van der Waals surface area contributed by atoms with E-state index in [-0.39, 0.29) is 11.5 Å². The molecule has 0 aromatic carbocycles. The van der Waals surface area contributed by atoms with Crippen molar-refractivity contribution < 1.29 is 0 Å². The third kappa shape index (κ3) is 2.90. The minimum Gasteiger partial charge on any atom is -0.271 e. The van der Waals surface area contributed by atoms with Crippen LogP contribution in [0.1, 0.15) is 32.4 Å². The van der Waals surface area contributed by atoms with Crippen molar-refractivity contribution >= 4 is 33.9 Å². The maximum atomic E-state index is 5.55. The maximum absolute atomic E-state index is 5.55. The molecule has 4 heteroatoms. The fraction of sp³-hybridized carbons (Fsp3) is 0.556. The van der Waals surface area contributed by atoms with Gasteiger partial charge >= 0.3 is 0 Å². The van der Waals surface area contributed by atoms with Crippen molar-refractivity contribution in [3.05, 3.63) is 19.9 Å². The lowest BCUT2D eigenvalue weighted by molar-refractivity contribution is 0.276. The van der Waals surface area contributed by atoms with Gasteiger partial charge in [0.05, 0.1) is 8.93 Å². The van der Waals surface area contributed by atoms with Gasteiger partial charge in [0.25, 0.3) is 0 Å². The fourth-order valence-corrected chi connectivity index (χ4v) is 2.72. The van der Waals surface area contributed by atoms with Crippen molar-refractivity contribution in [2.75, 3.05) is 0 Å².